The van der Waals surface area contributed by atoms with Crippen molar-refractivity contribution in [2.24, 2.45) is 5.84 Å². The highest BCUT2D eigenvalue weighted by atomic mass is 79.9. The standard InChI is InChI=1S/C12H18BrFN2O/c1-2-17-6-5-11(16-15)7-9-3-4-10(13)8-12(9)14/h3-4,8,11,16H,2,5-7,15H2,1H3. The molecule has 1 atom stereocenters. The first-order valence-electron chi connectivity index (χ1n) is 5.65. The molecule has 1 unspecified atom stereocenters. The number of hydrogen-bond acceptors (Lipinski definition) is 3. The molecule has 3 nitrogen and oxygen atoms in total. The van der Waals surface area contributed by atoms with E-state index < -0.39 is 0 Å². The van der Waals surface area contributed by atoms with Gasteiger partial charge in [-0.1, -0.05) is 22.0 Å². The lowest BCUT2D eigenvalue weighted by Crippen LogP contribution is -2.37. The lowest BCUT2D eigenvalue weighted by molar-refractivity contribution is 0.136. The van der Waals surface area contributed by atoms with Crippen molar-refractivity contribution in [1.82, 2.24) is 5.43 Å². The Labute approximate surface area is 110 Å². The third-order valence-electron chi connectivity index (χ3n) is 2.53. The molecule has 0 aromatic heterocycles. The smallest absolute Gasteiger partial charge is 0.127 e. The Bertz CT molecular complexity index is 349. The van der Waals surface area contributed by atoms with Gasteiger partial charge in [-0.25, -0.2) is 4.39 Å². The predicted octanol–water partition coefficient (Wildman–Crippen LogP) is 2.39. The Hall–Kier alpha value is -0.490. The zero-order valence-electron chi connectivity index (χ0n) is 9.88. The topological polar surface area (TPSA) is 47.3 Å². The van der Waals surface area contributed by atoms with Gasteiger partial charge in [-0.3, -0.25) is 11.3 Å². The summed E-state index contributed by atoms with van der Waals surface area (Å²) < 4.78 is 19.6. The first-order chi connectivity index (χ1) is 8.17. The molecule has 0 aliphatic heterocycles. The molecule has 0 saturated heterocycles. The number of hydrogen-bond donors (Lipinski definition) is 2. The van der Waals surface area contributed by atoms with E-state index in [1.54, 1.807) is 6.07 Å². The highest BCUT2D eigenvalue weighted by Gasteiger charge is 2.11. The van der Waals surface area contributed by atoms with Crippen LogP contribution in [0.25, 0.3) is 0 Å². The molecular weight excluding hydrogens is 287 g/mol. The molecule has 96 valence electrons. The fraction of sp³-hybridized carbons (Fsp3) is 0.500. The number of rotatable bonds is 7. The SMILES string of the molecule is CCOCCC(Cc1ccc(Br)cc1F)NN. The molecular formula is C12H18BrFN2O. The second-order valence-electron chi connectivity index (χ2n) is 3.79. The third kappa shape index (κ3) is 5.12. The zero-order chi connectivity index (χ0) is 12.7. The van der Waals surface area contributed by atoms with Crippen molar-refractivity contribution in [1.29, 1.82) is 0 Å². The van der Waals surface area contributed by atoms with Gasteiger partial charge in [0.15, 0.2) is 0 Å². The fourth-order valence-electron chi connectivity index (χ4n) is 1.57. The van der Waals surface area contributed by atoms with E-state index in [1.807, 2.05) is 13.0 Å². The van der Waals surface area contributed by atoms with Gasteiger partial charge in [-0.2, -0.15) is 0 Å². The summed E-state index contributed by atoms with van der Waals surface area (Å²) in [6.07, 6.45) is 1.32. The molecule has 0 amide bonds. The molecule has 1 aromatic carbocycles. The monoisotopic (exact) mass is 304 g/mol. The first kappa shape index (κ1) is 14.6. The number of nitrogens with two attached hydrogens (primary N) is 1. The van der Waals surface area contributed by atoms with Crippen LogP contribution in [-0.2, 0) is 11.2 Å². The van der Waals surface area contributed by atoms with Gasteiger partial charge in [0, 0.05) is 23.7 Å². The van der Waals surface area contributed by atoms with Crippen LogP contribution in [0.2, 0.25) is 0 Å². The third-order valence-corrected chi connectivity index (χ3v) is 3.03. The van der Waals surface area contributed by atoms with Gasteiger partial charge in [0.2, 0.25) is 0 Å². The van der Waals surface area contributed by atoms with Crippen LogP contribution in [0.4, 0.5) is 4.39 Å². The number of nitrogens with one attached hydrogen (secondary N) is 1. The van der Waals surface area contributed by atoms with Crippen molar-refractivity contribution < 1.29 is 9.13 Å². The Morgan fingerprint density at radius 2 is 2.29 bits per heavy atom. The Morgan fingerprint density at radius 3 is 2.88 bits per heavy atom. The zero-order valence-corrected chi connectivity index (χ0v) is 11.5. The van der Waals surface area contributed by atoms with Gasteiger partial charge in [-0.05, 0) is 37.5 Å². The summed E-state index contributed by atoms with van der Waals surface area (Å²) >= 11 is 3.23. The molecule has 5 heteroatoms. The normalized spacial score (nSPS) is 12.7. The quantitative estimate of drug-likeness (QED) is 0.462. The van der Waals surface area contributed by atoms with Crippen molar-refractivity contribution in [3.63, 3.8) is 0 Å². The fourth-order valence-corrected chi connectivity index (χ4v) is 1.90. The predicted molar refractivity (Wildman–Crippen MR) is 70.0 cm³/mol. The second kappa shape index (κ2) is 7.76. The van der Waals surface area contributed by atoms with E-state index in [1.165, 1.54) is 6.07 Å². The van der Waals surface area contributed by atoms with Gasteiger partial charge in [0.25, 0.3) is 0 Å². The summed E-state index contributed by atoms with van der Waals surface area (Å²) in [5, 5.41) is 0. The van der Waals surface area contributed by atoms with Crippen LogP contribution in [0.1, 0.15) is 18.9 Å². The largest absolute Gasteiger partial charge is 0.382 e. The van der Waals surface area contributed by atoms with E-state index in [2.05, 4.69) is 21.4 Å². The minimum absolute atomic E-state index is 0.0252. The van der Waals surface area contributed by atoms with Crippen molar-refractivity contribution in [3.8, 4) is 0 Å². The molecule has 0 saturated carbocycles. The van der Waals surface area contributed by atoms with Gasteiger partial charge in [0.05, 0.1) is 0 Å². The van der Waals surface area contributed by atoms with Crippen molar-refractivity contribution >= 4 is 15.9 Å². The molecule has 0 aliphatic carbocycles. The van der Waals surface area contributed by atoms with E-state index in [0.717, 1.165) is 10.9 Å². The van der Waals surface area contributed by atoms with Crippen LogP contribution < -0.4 is 11.3 Å². The molecule has 0 bridgehead atoms. The number of benzene rings is 1. The maximum atomic E-state index is 13.6. The van der Waals surface area contributed by atoms with Crippen molar-refractivity contribution in [2.45, 2.75) is 25.8 Å². The summed E-state index contributed by atoms with van der Waals surface area (Å²) in [6, 6.07) is 5.09. The lowest BCUT2D eigenvalue weighted by atomic mass is 10.0. The first-order valence-corrected chi connectivity index (χ1v) is 6.44. The molecule has 3 N–H and O–H groups in total. The summed E-state index contributed by atoms with van der Waals surface area (Å²) in [5.41, 5.74) is 3.35. The Kier molecular flexibility index (Phi) is 6.65. The molecule has 0 heterocycles. The van der Waals surface area contributed by atoms with Gasteiger partial charge >= 0.3 is 0 Å². The van der Waals surface area contributed by atoms with E-state index in [9.17, 15) is 4.39 Å². The minimum atomic E-state index is -0.212. The lowest BCUT2D eigenvalue weighted by Gasteiger charge is -2.16. The number of ether oxygens (including phenoxy) is 1. The van der Waals surface area contributed by atoms with Gasteiger partial charge in [-0.15, -0.1) is 0 Å². The van der Waals surface area contributed by atoms with Gasteiger partial charge < -0.3 is 4.74 Å². The Balaban J connectivity index is 2.54. The van der Waals surface area contributed by atoms with E-state index in [0.29, 0.717) is 25.2 Å². The van der Waals surface area contributed by atoms with Gasteiger partial charge in [0.1, 0.15) is 5.82 Å². The highest BCUT2D eigenvalue weighted by molar-refractivity contribution is 9.10. The summed E-state index contributed by atoms with van der Waals surface area (Å²) in [7, 11) is 0. The highest BCUT2D eigenvalue weighted by Crippen LogP contribution is 2.17. The maximum absolute atomic E-state index is 13.6. The van der Waals surface area contributed by atoms with Crippen LogP contribution in [0, 0.1) is 5.82 Å². The number of halogens is 2. The van der Waals surface area contributed by atoms with Crippen molar-refractivity contribution in [3.05, 3.63) is 34.1 Å². The van der Waals surface area contributed by atoms with Crippen LogP contribution in [-0.4, -0.2) is 19.3 Å². The molecule has 1 rings (SSSR count). The van der Waals surface area contributed by atoms with Crippen LogP contribution in [0.15, 0.2) is 22.7 Å². The Morgan fingerprint density at radius 1 is 1.53 bits per heavy atom. The summed E-state index contributed by atoms with van der Waals surface area (Å²) in [4.78, 5) is 0. The molecule has 17 heavy (non-hydrogen) atoms. The molecule has 1 aromatic rings. The van der Waals surface area contributed by atoms with Crippen LogP contribution in [0.3, 0.4) is 0 Å². The van der Waals surface area contributed by atoms with E-state index in [4.69, 9.17) is 10.6 Å². The minimum Gasteiger partial charge on any atom is -0.382 e. The second-order valence-corrected chi connectivity index (χ2v) is 4.70. The summed E-state index contributed by atoms with van der Waals surface area (Å²) in [5.74, 6) is 5.23. The molecule has 0 spiro atoms. The van der Waals surface area contributed by atoms with Crippen molar-refractivity contribution in [2.75, 3.05) is 13.2 Å². The molecule has 0 radical (unpaired) electrons. The average Bonchev–Trinajstić information content (AvgIpc) is 2.31. The number of hydrazine groups is 1. The maximum Gasteiger partial charge on any atom is 0.127 e. The molecule has 0 aliphatic rings. The average molecular weight is 305 g/mol. The van der Waals surface area contributed by atoms with E-state index >= 15 is 0 Å². The van der Waals surface area contributed by atoms with E-state index in [-0.39, 0.29) is 11.9 Å². The summed E-state index contributed by atoms with van der Waals surface area (Å²) in [6.45, 7) is 3.26. The van der Waals surface area contributed by atoms with Crippen LogP contribution in [0.5, 0.6) is 0 Å². The van der Waals surface area contributed by atoms with Crippen LogP contribution >= 0.6 is 15.9 Å². The molecule has 0 fully saturated rings.